The highest BCUT2D eigenvalue weighted by atomic mass is 16.5. The van der Waals surface area contributed by atoms with Crippen LogP contribution in [0.5, 0.6) is 5.75 Å². The van der Waals surface area contributed by atoms with Crippen molar-refractivity contribution in [2.45, 2.75) is 57.6 Å². The first-order valence-electron chi connectivity index (χ1n) is 7.13. The minimum absolute atomic E-state index is 0.0132. The average Bonchev–Trinajstić information content (AvgIpc) is 2.30. The van der Waals surface area contributed by atoms with E-state index in [-0.39, 0.29) is 11.6 Å². The minimum atomic E-state index is 0.0132. The van der Waals surface area contributed by atoms with Gasteiger partial charge in [0.05, 0.1) is 0 Å². The molecule has 1 heterocycles. The van der Waals surface area contributed by atoms with Crippen LogP contribution in [0.2, 0.25) is 0 Å². The van der Waals surface area contributed by atoms with Gasteiger partial charge in [0.2, 0.25) is 0 Å². The minimum Gasteiger partial charge on any atom is -0.487 e. The summed E-state index contributed by atoms with van der Waals surface area (Å²) >= 11 is 0. The molecular formula is C16H23NO. The largest absolute Gasteiger partial charge is 0.487 e. The van der Waals surface area contributed by atoms with E-state index < -0.39 is 0 Å². The Hall–Kier alpha value is -1.02. The Bertz CT molecular complexity index is 456. The molecule has 1 saturated carbocycles. The summed E-state index contributed by atoms with van der Waals surface area (Å²) in [5.74, 6) is 1.78. The molecular weight excluding hydrogens is 222 g/mol. The Balaban J connectivity index is 1.93. The van der Waals surface area contributed by atoms with Crippen molar-refractivity contribution in [2.24, 2.45) is 11.7 Å². The van der Waals surface area contributed by atoms with E-state index in [1.54, 1.807) is 0 Å². The number of fused-ring (bicyclic) bond motifs is 1. The van der Waals surface area contributed by atoms with Crippen LogP contribution >= 0.6 is 0 Å². The number of hydrogen-bond donors (Lipinski definition) is 1. The summed E-state index contributed by atoms with van der Waals surface area (Å²) in [5, 5.41) is 0. The van der Waals surface area contributed by atoms with E-state index in [0.717, 1.165) is 24.5 Å². The lowest BCUT2D eigenvalue weighted by atomic mass is 9.73. The fourth-order valence-electron chi connectivity index (χ4n) is 3.73. The molecule has 2 heteroatoms. The number of ether oxygens (including phenoxy) is 1. The van der Waals surface area contributed by atoms with Gasteiger partial charge >= 0.3 is 0 Å². The van der Waals surface area contributed by atoms with Gasteiger partial charge < -0.3 is 10.5 Å². The Labute approximate surface area is 110 Å². The number of aryl methyl sites for hydroxylation is 1. The zero-order valence-corrected chi connectivity index (χ0v) is 11.4. The van der Waals surface area contributed by atoms with E-state index in [0.29, 0.717) is 0 Å². The highest BCUT2D eigenvalue weighted by Gasteiger charge is 2.42. The van der Waals surface area contributed by atoms with Crippen molar-refractivity contribution in [1.29, 1.82) is 0 Å². The van der Waals surface area contributed by atoms with E-state index in [1.807, 2.05) is 0 Å². The second-order valence-electron chi connectivity index (χ2n) is 6.34. The molecule has 2 N–H and O–H groups in total. The topological polar surface area (TPSA) is 35.2 Å². The highest BCUT2D eigenvalue weighted by Crippen LogP contribution is 2.46. The quantitative estimate of drug-likeness (QED) is 0.756. The smallest absolute Gasteiger partial charge is 0.124 e. The second-order valence-corrected chi connectivity index (χ2v) is 6.34. The normalized spacial score (nSPS) is 35.1. The van der Waals surface area contributed by atoms with E-state index in [2.05, 4.69) is 32.0 Å². The van der Waals surface area contributed by atoms with Gasteiger partial charge in [0.25, 0.3) is 0 Å². The fourth-order valence-corrected chi connectivity index (χ4v) is 3.73. The molecule has 1 fully saturated rings. The van der Waals surface area contributed by atoms with Crippen molar-refractivity contribution in [1.82, 2.24) is 0 Å². The maximum absolute atomic E-state index is 6.39. The summed E-state index contributed by atoms with van der Waals surface area (Å²) in [6, 6.07) is 6.54. The van der Waals surface area contributed by atoms with Crippen molar-refractivity contribution < 1.29 is 4.74 Å². The molecule has 3 atom stereocenters. The lowest BCUT2D eigenvalue weighted by Gasteiger charge is -2.45. The van der Waals surface area contributed by atoms with Crippen molar-refractivity contribution in [3.8, 4) is 5.75 Å². The van der Waals surface area contributed by atoms with Crippen LogP contribution in [0.25, 0.3) is 0 Å². The van der Waals surface area contributed by atoms with Crippen molar-refractivity contribution >= 4 is 0 Å². The molecule has 98 valence electrons. The van der Waals surface area contributed by atoms with Gasteiger partial charge in [-0.3, -0.25) is 0 Å². The maximum Gasteiger partial charge on any atom is 0.124 e. The average molecular weight is 245 g/mol. The van der Waals surface area contributed by atoms with E-state index in [1.165, 1.54) is 30.4 Å². The maximum atomic E-state index is 6.39. The summed E-state index contributed by atoms with van der Waals surface area (Å²) < 4.78 is 6.38. The zero-order chi connectivity index (χ0) is 12.8. The molecule has 1 aliphatic heterocycles. The molecule has 2 aliphatic rings. The molecule has 1 spiro atoms. The van der Waals surface area contributed by atoms with Crippen LogP contribution in [0.1, 0.15) is 56.2 Å². The number of nitrogens with two attached hydrogens (primary N) is 1. The van der Waals surface area contributed by atoms with Crippen LogP contribution in [0.15, 0.2) is 18.2 Å². The molecule has 0 saturated heterocycles. The second kappa shape index (κ2) is 4.27. The number of hydrogen-bond acceptors (Lipinski definition) is 2. The zero-order valence-electron chi connectivity index (χ0n) is 11.4. The van der Waals surface area contributed by atoms with Crippen molar-refractivity contribution in [3.63, 3.8) is 0 Å². The van der Waals surface area contributed by atoms with Gasteiger partial charge in [-0.25, -0.2) is 0 Å². The molecule has 0 amide bonds. The van der Waals surface area contributed by atoms with Crippen LogP contribution in [-0.2, 0) is 0 Å². The molecule has 0 aromatic heterocycles. The summed E-state index contributed by atoms with van der Waals surface area (Å²) in [6.45, 7) is 4.44. The van der Waals surface area contributed by atoms with Crippen LogP contribution in [-0.4, -0.2) is 5.60 Å². The highest BCUT2D eigenvalue weighted by molar-refractivity contribution is 5.41. The molecule has 1 aromatic rings. The first-order chi connectivity index (χ1) is 8.58. The van der Waals surface area contributed by atoms with Crippen LogP contribution in [0.4, 0.5) is 0 Å². The standard InChI is InChI=1S/C16H23NO/c1-11-5-6-15-13(8-11)14(17)10-16(18-15)7-3-4-12(2)9-16/h5-6,8,12,14H,3-4,7,9-10,17H2,1-2H3/t12?,14-,16?/m0/s1. The Kier molecular flexibility index (Phi) is 2.86. The van der Waals surface area contributed by atoms with Gasteiger partial charge in [0, 0.05) is 18.0 Å². The third kappa shape index (κ3) is 2.03. The number of rotatable bonds is 0. The van der Waals surface area contributed by atoms with Gasteiger partial charge in [-0.15, -0.1) is 0 Å². The van der Waals surface area contributed by atoms with Crippen LogP contribution in [0, 0.1) is 12.8 Å². The predicted molar refractivity (Wildman–Crippen MR) is 73.7 cm³/mol. The van der Waals surface area contributed by atoms with E-state index in [4.69, 9.17) is 10.5 Å². The number of benzene rings is 1. The molecule has 18 heavy (non-hydrogen) atoms. The fraction of sp³-hybridized carbons (Fsp3) is 0.625. The van der Waals surface area contributed by atoms with Crippen molar-refractivity contribution in [3.05, 3.63) is 29.3 Å². The van der Waals surface area contributed by atoms with E-state index in [9.17, 15) is 0 Å². The van der Waals surface area contributed by atoms with E-state index >= 15 is 0 Å². The Morgan fingerprint density at radius 1 is 1.33 bits per heavy atom. The summed E-state index contributed by atoms with van der Waals surface area (Å²) in [7, 11) is 0. The van der Waals surface area contributed by atoms with Gasteiger partial charge in [0.15, 0.2) is 0 Å². The van der Waals surface area contributed by atoms with Crippen LogP contribution in [0.3, 0.4) is 0 Å². The van der Waals surface area contributed by atoms with Gasteiger partial charge in [0.1, 0.15) is 11.4 Å². The summed E-state index contributed by atoms with van der Waals surface area (Å²) in [4.78, 5) is 0. The van der Waals surface area contributed by atoms with Gasteiger partial charge in [-0.1, -0.05) is 31.0 Å². The monoisotopic (exact) mass is 245 g/mol. The van der Waals surface area contributed by atoms with Crippen molar-refractivity contribution in [2.75, 3.05) is 0 Å². The molecule has 3 rings (SSSR count). The molecule has 0 bridgehead atoms. The van der Waals surface area contributed by atoms with Crippen LogP contribution < -0.4 is 10.5 Å². The van der Waals surface area contributed by atoms with Gasteiger partial charge in [-0.2, -0.15) is 0 Å². The summed E-state index contributed by atoms with van der Waals surface area (Å²) in [6.07, 6.45) is 5.91. The predicted octanol–water partition coefficient (Wildman–Crippen LogP) is 3.73. The Morgan fingerprint density at radius 2 is 2.17 bits per heavy atom. The molecule has 0 radical (unpaired) electrons. The third-order valence-electron chi connectivity index (χ3n) is 4.53. The molecule has 1 aliphatic carbocycles. The summed E-state index contributed by atoms with van der Waals surface area (Å²) in [5.41, 5.74) is 8.86. The molecule has 2 nitrogen and oxygen atoms in total. The first kappa shape index (κ1) is 12.0. The SMILES string of the molecule is Cc1ccc2c(c1)[C@@H](N)CC1(CCCC(C)C1)O2. The molecule has 1 aromatic carbocycles. The Morgan fingerprint density at radius 3 is 2.94 bits per heavy atom. The third-order valence-corrected chi connectivity index (χ3v) is 4.53. The molecule has 2 unspecified atom stereocenters. The lowest BCUT2D eigenvalue weighted by Crippen LogP contribution is -2.46. The van der Waals surface area contributed by atoms with Gasteiger partial charge in [-0.05, 0) is 38.2 Å². The lowest BCUT2D eigenvalue weighted by molar-refractivity contribution is -0.0139. The first-order valence-corrected chi connectivity index (χ1v) is 7.13.